The molecule has 1 heterocycles. The van der Waals surface area contributed by atoms with Crippen LogP contribution >= 0.6 is 0 Å². The molecule has 3 N–H and O–H groups in total. The van der Waals surface area contributed by atoms with Crippen LogP contribution in [0.15, 0.2) is 42.5 Å². The van der Waals surface area contributed by atoms with Crippen molar-refractivity contribution in [2.45, 2.75) is 20.0 Å². The van der Waals surface area contributed by atoms with Gasteiger partial charge >= 0.3 is 0 Å². The summed E-state index contributed by atoms with van der Waals surface area (Å²) in [5, 5.41) is 9.98. The Labute approximate surface area is 117 Å². The average Bonchev–Trinajstić information content (AvgIpc) is 2.78. The Kier molecular flexibility index (Phi) is 2.95. The first-order valence-corrected chi connectivity index (χ1v) is 6.59. The van der Waals surface area contributed by atoms with E-state index in [2.05, 4.69) is 4.98 Å². The van der Waals surface area contributed by atoms with E-state index >= 15 is 0 Å². The van der Waals surface area contributed by atoms with Gasteiger partial charge in [0.1, 0.15) is 11.9 Å². The van der Waals surface area contributed by atoms with Crippen molar-refractivity contribution >= 4 is 16.7 Å². The Hall–Kier alpha value is -2.33. The van der Waals surface area contributed by atoms with Gasteiger partial charge in [0.25, 0.3) is 0 Å². The molecule has 0 saturated carbocycles. The van der Waals surface area contributed by atoms with E-state index in [9.17, 15) is 5.11 Å². The maximum Gasteiger partial charge on any atom is 0.143 e. The summed E-state index contributed by atoms with van der Waals surface area (Å²) in [5.41, 5.74) is 10.4. The van der Waals surface area contributed by atoms with Crippen molar-refractivity contribution in [2.24, 2.45) is 0 Å². The van der Waals surface area contributed by atoms with Gasteiger partial charge in [0.15, 0.2) is 0 Å². The molecule has 0 amide bonds. The molecule has 0 aliphatic rings. The van der Waals surface area contributed by atoms with E-state index in [4.69, 9.17) is 5.73 Å². The SMILES string of the molecule is Cc1ccc(-n2c(C(C)O)nc3cc(N)ccc32)cc1. The van der Waals surface area contributed by atoms with Crippen LogP contribution in [0.25, 0.3) is 16.7 Å². The summed E-state index contributed by atoms with van der Waals surface area (Å²) in [6, 6.07) is 13.8. The highest BCUT2D eigenvalue weighted by atomic mass is 16.3. The van der Waals surface area contributed by atoms with E-state index in [0.29, 0.717) is 11.5 Å². The largest absolute Gasteiger partial charge is 0.399 e. The molecular weight excluding hydrogens is 250 g/mol. The molecule has 0 radical (unpaired) electrons. The lowest BCUT2D eigenvalue weighted by Crippen LogP contribution is -2.04. The maximum atomic E-state index is 9.98. The third-order valence-electron chi connectivity index (χ3n) is 3.37. The minimum Gasteiger partial charge on any atom is -0.399 e. The summed E-state index contributed by atoms with van der Waals surface area (Å²) in [6.07, 6.45) is -0.648. The Morgan fingerprint density at radius 2 is 1.85 bits per heavy atom. The Morgan fingerprint density at radius 3 is 2.50 bits per heavy atom. The lowest BCUT2D eigenvalue weighted by molar-refractivity contribution is 0.187. The van der Waals surface area contributed by atoms with Crippen molar-refractivity contribution in [3.63, 3.8) is 0 Å². The second kappa shape index (κ2) is 4.65. The van der Waals surface area contributed by atoms with Crippen LogP contribution in [0.2, 0.25) is 0 Å². The molecule has 0 bridgehead atoms. The molecule has 0 aliphatic carbocycles. The van der Waals surface area contributed by atoms with Crippen LogP contribution in [0, 0.1) is 6.92 Å². The van der Waals surface area contributed by atoms with Crippen molar-refractivity contribution in [3.05, 3.63) is 53.9 Å². The average molecular weight is 267 g/mol. The lowest BCUT2D eigenvalue weighted by Gasteiger charge is -2.11. The molecule has 1 unspecified atom stereocenters. The zero-order chi connectivity index (χ0) is 14.3. The molecule has 0 fully saturated rings. The first kappa shape index (κ1) is 12.7. The van der Waals surface area contributed by atoms with Crippen LogP contribution in [-0.4, -0.2) is 14.7 Å². The quantitative estimate of drug-likeness (QED) is 0.702. The second-order valence-corrected chi connectivity index (χ2v) is 5.07. The second-order valence-electron chi connectivity index (χ2n) is 5.07. The van der Waals surface area contributed by atoms with Crippen LogP contribution < -0.4 is 5.73 Å². The number of hydrogen-bond donors (Lipinski definition) is 2. The van der Waals surface area contributed by atoms with Gasteiger partial charge in [-0.3, -0.25) is 4.57 Å². The van der Waals surface area contributed by atoms with Gasteiger partial charge in [-0.25, -0.2) is 4.98 Å². The summed E-state index contributed by atoms with van der Waals surface area (Å²) in [4.78, 5) is 4.50. The van der Waals surface area contributed by atoms with Crippen molar-refractivity contribution in [2.75, 3.05) is 5.73 Å². The van der Waals surface area contributed by atoms with Gasteiger partial charge < -0.3 is 10.8 Å². The van der Waals surface area contributed by atoms with Crippen molar-refractivity contribution in [1.82, 2.24) is 9.55 Å². The third-order valence-corrected chi connectivity index (χ3v) is 3.37. The minimum absolute atomic E-state index is 0.620. The molecule has 102 valence electrons. The van der Waals surface area contributed by atoms with Gasteiger partial charge in [-0.05, 0) is 44.2 Å². The summed E-state index contributed by atoms with van der Waals surface area (Å²) in [6.45, 7) is 3.77. The fraction of sp³-hybridized carbons (Fsp3) is 0.188. The molecule has 0 saturated heterocycles. The fourth-order valence-corrected chi connectivity index (χ4v) is 2.36. The number of rotatable bonds is 2. The fourth-order valence-electron chi connectivity index (χ4n) is 2.36. The number of aryl methyl sites for hydroxylation is 1. The van der Waals surface area contributed by atoms with Gasteiger partial charge in [0.05, 0.1) is 11.0 Å². The van der Waals surface area contributed by atoms with Crippen LogP contribution in [0.4, 0.5) is 5.69 Å². The number of aliphatic hydroxyl groups excluding tert-OH is 1. The first-order chi connectivity index (χ1) is 9.56. The zero-order valence-corrected chi connectivity index (χ0v) is 11.5. The number of imidazole rings is 1. The number of aliphatic hydroxyl groups is 1. The summed E-state index contributed by atoms with van der Waals surface area (Å²) in [7, 11) is 0. The van der Waals surface area contributed by atoms with E-state index < -0.39 is 6.10 Å². The Balaban J connectivity index is 2.31. The molecular formula is C16H17N3O. The number of fused-ring (bicyclic) bond motifs is 1. The van der Waals surface area contributed by atoms with Crippen molar-refractivity contribution in [1.29, 1.82) is 0 Å². The van der Waals surface area contributed by atoms with E-state index in [-0.39, 0.29) is 0 Å². The number of benzene rings is 2. The van der Waals surface area contributed by atoms with E-state index in [1.54, 1.807) is 6.92 Å². The summed E-state index contributed by atoms with van der Waals surface area (Å²) < 4.78 is 1.97. The van der Waals surface area contributed by atoms with Crippen LogP contribution in [0.1, 0.15) is 24.4 Å². The monoisotopic (exact) mass is 267 g/mol. The van der Waals surface area contributed by atoms with Gasteiger partial charge in [0, 0.05) is 11.4 Å². The lowest BCUT2D eigenvalue weighted by atomic mass is 10.2. The highest BCUT2D eigenvalue weighted by molar-refractivity contribution is 5.81. The number of nitrogens with zero attached hydrogens (tertiary/aromatic N) is 2. The van der Waals surface area contributed by atoms with Crippen LogP contribution in [0.5, 0.6) is 0 Å². The number of nitrogen functional groups attached to an aromatic ring is 1. The molecule has 1 atom stereocenters. The number of aromatic nitrogens is 2. The van der Waals surface area contributed by atoms with Gasteiger partial charge in [-0.2, -0.15) is 0 Å². The minimum atomic E-state index is -0.648. The van der Waals surface area contributed by atoms with Gasteiger partial charge in [-0.1, -0.05) is 17.7 Å². The maximum absolute atomic E-state index is 9.98. The molecule has 4 heteroatoms. The predicted molar refractivity (Wildman–Crippen MR) is 80.9 cm³/mol. The molecule has 20 heavy (non-hydrogen) atoms. The van der Waals surface area contributed by atoms with E-state index in [0.717, 1.165) is 16.7 Å². The molecule has 1 aromatic heterocycles. The highest BCUT2D eigenvalue weighted by Crippen LogP contribution is 2.26. The Morgan fingerprint density at radius 1 is 1.15 bits per heavy atom. The van der Waals surface area contributed by atoms with Crippen LogP contribution in [0.3, 0.4) is 0 Å². The molecule has 4 nitrogen and oxygen atoms in total. The zero-order valence-electron chi connectivity index (χ0n) is 11.5. The summed E-state index contributed by atoms with van der Waals surface area (Å²) in [5.74, 6) is 0.620. The van der Waals surface area contributed by atoms with Crippen molar-refractivity contribution < 1.29 is 5.11 Å². The molecule has 0 spiro atoms. The van der Waals surface area contributed by atoms with Crippen LogP contribution in [-0.2, 0) is 0 Å². The first-order valence-electron chi connectivity index (χ1n) is 6.59. The molecule has 3 aromatic rings. The van der Waals surface area contributed by atoms with Crippen molar-refractivity contribution in [3.8, 4) is 5.69 Å². The summed E-state index contributed by atoms with van der Waals surface area (Å²) >= 11 is 0. The topological polar surface area (TPSA) is 64.1 Å². The van der Waals surface area contributed by atoms with E-state index in [1.165, 1.54) is 5.56 Å². The smallest absolute Gasteiger partial charge is 0.143 e. The van der Waals surface area contributed by atoms with Gasteiger partial charge in [0.2, 0.25) is 0 Å². The molecule has 0 aliphatic heterocycles. The molecule has 2 aromatic carbocycles. The predicted octanol–water partition coefficient (Wildman–Crippen LogP) is 2.97. The normalized spacial score (nSPS) is 12.8. The van der Waals surface area contributed by atoms with Gasteiger partial charge in [-0.15, -0.1) is 0 Å². The molecule has 3 rings (SSSR count). The Bertz CT molecular complexity index is 757. The third kappa shape index (κ3) is 2.04. The number of hydrogen-bond acceptors (Lipinski definition) is 3. The number of anilines is 1. The van der Waals surface area contributed by atoms with E-state index in [1.807, 2.05) is 54.0 Å². The number of nitrogens with two attached hydrogens (primary N) is 1. The standard InChI is InChI=1S/C16H17N3O/c1-10-3-6-13(7-4-10)19-15-8-5-12(17)9-14(15)18-16(19)11(2)20/h3-9,11,20H,17H2,1-2H3. The highest BCUT2D eigenvalue weighted by Gasteiger charge is 2.16.